The summed E-state index contributed by atoms with van der Waals surface area (Å²) in [6.45, 7) is 0.699. The first-order valence-corrected chi connectivity index (χ1v) is 6.73. The minimum atomic E-state index is -0.425. The number of hydrogen-bond donors (Lipinski definition) is 2. The van der Waals surface area contributed by atoms with Gasteiger partial charge in [-0.2, -0.15) is 5.10 Å². The Kier molecular flexibility index (Phi) is 3.82. The van der Waals surface area contributed by atoms with Crippen molar-refractivity contribution in [3.63, 3.8) is 0 Å². The minimum Gasteiger partial charge on any atom is -0.507 e. The summed E-state index contributed by atoms with van der Waals surface area (Å²) in [5.74, 6) is -0.436. The van der Waals surface area contributed by atoms with E-state index < -0.39 is 5.78 Å². The minimum absolute atomic E-state index is 0.0928. The number of aliphatic hydroxyl groups excluding tert-OH is 1. The quantitative estimate of drug-likeness (QED) is 0.430. The van der Waals surface area contributed by atoms with E-state index in [1.165, 1.54) is 6.33 Å². The van der Waals surface area contributed by atoms with Gasteiger partial charge >= 0.3 is 0 Å². The van der Waals surface area contributed by atoms with Crippen molar-refractivity contribution in [3.8, 4) is 0 Å². The number of nitrogens with one attached hydrogen (secondary N) is 1. The summed E-state index contributed by atoms with van der Waals surface area (Å²) in [6, 6.07) is 11.7. The predicted octanol–water partition coefficient (Wildman–Crippen LogP) is 2.44. The zero-order chi connectivity index (χ0) is 15.4. The Morgan fingerprint density at radius 1 is 1.27 bits per heavy atom. The molecule has 0 unspecified atom stereocenters. The molecule has 0 amide bonds. The third kappa shape index (κ3) is 3.12. The summed E-state index contributed by atoms with van der Waals surface area (Å²) in [4.78, 5) is 15.6. The molecule has 0 aliphatic heterocycles. The van der Waals surface area contributed by atoms with Crippen LogP contribution in [-0.2, 0) is 6.54 Å². The predicted molar refractivity (Wildman–Crippen MR) is 81.3 cm³/mol. The summed E-state index contributed by atoms with van der Waals surface area (Å²) in [7, 11) is 0. The van der Waals surface area contributed by atoms with Gasteiger partial charge in [0, 0.05) is 30.6 Å². The topological polar surface area (TPSA) is 83.8 Å². The Labute approximate surface area is 126 Å². The van der Waals surface area contributed by atoms with Gasteiger partial charge in [0.15, 0.2) is 5.82 Å². The summed E-state index contributed by atoms with van der Waals surface area (Å²) in [6.07, 6.45) is 6.01. The molecule has 6 nitrogen and oxygen atoms in total. The molecule has 3 rings (SSSR count). The maximum absolute atomic E-state index is 11.8. The fourth-order valence-electron chi connectivity index (χ4n) is 2.08. The van der Waals surface area contributed by atoms with Gasteiger partial charge in [-0.15, -0.1) is 0 Å². The van der Waals surface area contributed by atoms with E-state index in [4.69, 9.17) is 0 Å². The highest BCUT2D eigenvalue weighted by Gasteiger charge is 2.09. The first kappa shape index (κ1) is 13.8. The molecule has 1 aromatic carbocycles. The van der Waals surface area contributed by atoms with Gasteiger partial charge in [-0.25, -0.2) is 4.98 Å². The molecule has 0 saturated heterocycles. The average molecular weight is 294 g/mol. The molecule has 6 heteroatoms. The Bertz CT molecular complexity index is 789. The van der Waals surface area contributed by atoms with E-state index in [1.807, 2.05) is 41.1 Å². The highest BCUT2D eigenvalue weighted by atomic mass is 16.3. The normalized spacial score (nSPS) is 11.5. The molecule has 0 saturated carbocycles. The lowest BCUT2D eigenvalue weighted by atomic mass is 10.2. The molecular weight excluding hydrogens is 280 g/mol. The van der Waals surface area contributed by atoms with E-state index in [1.54, 1.807) is 12.3 Å². The fraction of sp³-hybridized carbons (Fsp3) is 0.0625. The largest absolute Gasteiger partial charge is 0.507 e. The van der Waals surface area contributed by atoms with Gasteiger partial charge in [0.2, 0.25) is 5.78 Å². The van der Waals surface area contributed by atoms with E-state index in [0.29, 0.717) is 12.1 Å². The molecule has 0 aliphatic rings. The van der Waals surface area contributed by atoms with E-state index in [2.05, 4.69) is 15.2 Å². The summed E-state index contributed by atoms with van der Waals surface area (Å²) in [5, 5.41) is 16.1. The molecule has 0 bridgehead atoms. The number of carbonyl (C=O) groups is 1. The second-order valence-corrected chi connectivity index (χ2v) is 4.79. The number of ketones is 1. The monoisotopic (exact) mass is 294 g/mol. The van der Waals surface area contributed by atoms with Crippen molar-refractivity contribution >= 4 is 11.5 Å². The number of nitrogens with zero attached hydrogens (tertiary/aromatic N) is 3. The van der Waals surface area contributed by atoms with Gasteiger partial charge in [-0.3, -0.25) is 9.89 Å². The number of benzene rings is 1. The fourth-order valence-corrected chi connectivity index (χ4v) is 2.08. The number of aromatic nitrogens is 4. The second kappa shape index (κ2) is 6.09. The van der Waals surface area contributed by atoms with Gasteiger partial charge in [-0.05, 0) is 11.6 Å². The van der Waals surface area contributed by atoms with E-state index in [-0.39, 0.29) is 11.6 Å². The second-order valence-electron chi connectivity index (χ2n) is 4.79. The number of allylic oxidation sites excluding steroid dienone is 1. The van der Waals surface area contributed by atoms with Crippen molar-refractivity contribution in [1.82, 2.24) is 19.7 Å². The van der Waals surface area contributed by atoms with Gasteiger partial charge in [-0.1, -0.05) is 30.3 Å². The molecule has 3 aromatic rings. The highest BCUT2D eigenvalue weighted by molar-refractivity contribution is 6.05. The first-order valence-electron chi connectivity index (χ1n) is 6.73. The lowest BCUT2D eigenvalue weighted by Gasteiger charge is -2.02. The molecule has 0 atom stereocenters. The van der Waals surface area contributed by atoms with Crippen LogP contribution < -0.4 is 0 Å². The SMILES string of the molecule is O=C(C=C(O)c1ccn(Cc2ccccc2)c1)c1ncn[nH]1. The lowest BCUT2D eigenvalue weighted by molar-refractivity contribution is 0.103. The van der Waals surface area contributed by atoms with E-state index in [9.17, 15) is 9.90 Å². The number of rotatable bonds is 5. The number of aliphatic hydroxyl groups is 1. The van der Waals surface area contributed by atoms with Crippen LogP contribution in [0.3, 0.4) is 0 Å². The number of hydrogen-bond acceptors (Lipinski definition) is 4. The Morgan fingerprint density at radius 3 is 2.82 bits per heavy atom. The van der Waals surface area contributed by atoms with Crippen molar-refractivity contribution in [2.75, 3.05) is 0 Å². The molecule has 2 aromatic heterocycles. The van der Waals surface area contributed by atoms with Crippen molar-refractivity contribution in [3.05, 3.63) is 78.1 Å². The maximum atomic E-state index is 11.8. The van der Waals surface area contributed by atoms with E-state index in [0.717, 1.165) is 11.6 Å². The Balaban J connectivity index is 1.74. The zero-order valence-corrected chi connectivity index (χ0v) is 11.7. The van der Waals surface area contributed by atoms with Crippen molar-refractivity contribution in [1.29, 1.82) is 0 Å². The van der Waals surface area contributed by atoms with Crippen LogP contribution in [0.1, 0.15) is 21.7 Å². The molecule has 110 valence electrons. The van der Waals surface area contributed by atoms with Crippen molar-refractivity contribution in [2.45, 2.75) is 6.54 Å². The summed E-state index contributed by atoms with van der Waals surface area (Å²) < 4.78 is 1.94. The van der Waals surface area contributed by atoms with Crippen molar-refractivity contribution in [2.24, 2.45) is 0 Å². The molecule has 22 heavy (non-hydrogen) atoms. The van der Waals surface area contributed by atoms with Crippen molar-refractivity contribution < 1.29 is 9.90 Å². The molecule has 2 N–H and O–H groups in total. The van der Waals surface area contributed by atoms with Gasteiger partial charge < -0.3 is 9.67 Å². The lowest BCUT2D eigenvalue weighted by Crippen LogP contribution is -1.99. The van der Waals surface area contributed by atoms with Gasteiger partial charge in [0.1, 0.15) is 12.1 Å². The average Bonchev–Trinajstić information content (AvgIpc) is 3.19. The van der Waals surface area contributed by atoms with Crippen LogP contribution in [0.5, 0.6) is 0 Å². The number of H-pyrrole nitrogens is 1. The molecule has 0 fully saturated rings. The number of aromatic amines is 1. The van der Waals surface area contributed by atoms with Crippen LogP contribution in [0, 0.1) is 0 Å². The van der Waals surface area contributed by atoms with Gasteiger partial charge in [0.05, 0.1) is 0 Å². The third-order valence-electron chi connectivity index (χ3n) is 3.17. The Morgan fingerprint density at radius 2 is 2.09 bits per heavy atom. The van der Waals surface area contributed by atoms with E-state index >= 15 is 0 Å². The molecule has 2 heterocycles. The summed E-state index contributed by atoms with van der Waals surface area (Å²) in [5.41, 5.74) is 1.73. The highest BCUT2D eigenvalue weighted by Crippen LogP contribution is 2.14. The maximum Gasteiger partial charge on any atom is 0.226 e. The van der Waals surface area contributed by atoms with Crippen LogP contribution in [-0.4, -0.2) is 30.6 Å². The van der Waals surface area contributed by atoms with Crippen LogP contribution in [0.2, 0.25) is 0 Å². The molecule has 0 radical (unpaired) electrons. The third-order valence-corrected chi connectivity index (χ3v) is 3.17. The smallest absolute Gasteiger partial charge is 0.226 e. The summed E-state index contributed by atoms with van der Waals surface area (Å²) >= 11 is 0. The first-order chi connectivity index (χ1) is 10.7. The molecule has 0 aliphatic carbocycles. The Hall–Kier alpha value is -3.15. The van der Waals surface area contributed by atoms with Crippen LogP contribution in [0.25, 0.3) is 5.76 Å². The standard InChI is InChI=1S/C16H14N4O2/c21-14(8-15(22)16-17-11-18-19-16)13-6-7-20(10-13)9-12-4-2-1-3-5-12/h1-8,10-11,21H,9H2,(H,17,18,19). The molecular formula is C16H14N4O2. The number of carbonyl (C=O) groups excluding carboxylic acids is 1. The van der Waals surface area contributed by atoms with Crippen LogP contribution >= 0.6 is 0 Å². The molecule has 0 spiro atoms. The zero-order valence-electron chi connectivity index (χ0n) is 11.7. The van der Waals surface area contributed by atoms with Crippen LogP contribution in [0.4, 0.5) is 0 Å². The van der Waals surface area contributed by atoms with Crippen LogP contribution in [0.15, 0.2) is 61.2 Å². The van der Waals surface area contributed by atoms with Gasteiger partial charge in [0.25, 0.3) is 0 Å².